The minimum absolute atomic E-state index is 0.0942. The molecule has 6 fully saturated rings. The third-order valence-corrected chi connectivity index (χ3v) is 24.4. The molecule has 1 spiro atoms. The minimum atomic E-state index is -4.82. The van der Waals surface area contributed by atoms with Crippen molar-refractivity contribution in [3.05, 3.63) is 76.9 Å². The molecule has 3 saturated heterocycles. The van der Waals surface area contributed by atoms with Gasteiger partial charge in [0.15, 0.2) is 0 Å². The van der Waals surface area contributed by atoms with Crippen molar-refractivity contribution < 1.29 is 93.4 Å². The quantitative estimate of drug-likeness (QED) is 0.134. The molecule has 26 nitrogen and oxygen atoms in total. The number of carbonyl (C=O) groups excluding carboxylic acids is 12. The summed E-state index contributed by atoms with van der Waals surface area (Å²) in [6.45, 7) is 6.06. The molecular weight excluding hydrogens is 1480 g/mol. The van der Waals surface area contributed by atoms with Crippen LogP contribution in [0.3, 0.4) is 0 Å². The average Bonchev–Trinajstić information content (AvgIpc) is 1.67. The highest BCUT2D eigenvalue weighted by Crippen LogP contribution is 2.43. The van der Waals surface area contributed by atoms with Crippen molar-refractivity contribution in [2.45, 2.75) is 247 Å². The van der Waals surface area contributed by atoms with Crippen molar-refractivity contribution in [1.29, 1.82) is 0 Å². The summed E-state index contributed by atoms with van der Waals surface area (Å²) in [7, 11) is 9.43. The number of methoxy groups -OCH3 is 1. The molecule has 10 atom stereocenters. The van der Waals surface area contributed by atoms with E-state index < -0.39 is 204 Å². The van der Waals surface area contributed by atoms with Crippen LogP contribution in [0.1, 0.15) is 178 Å². The van der Waals surface area contributed by atoms with Gasteiger partial charge in [-0.1, -0.05) is 76.8 Å². The Balaban J connectivity index is 1.15. The van der Waals surface area contributed by atoms with Gasteiger partial charge in [-0.2, -0.15) is 26.3 Å². The zero-order chi connectivity index (χ0) is 82.7. The third kappa shape index (κ3) is 20.5. The second-order valence-corrected chi connectivity index (χ2v) is 31.8. The molecule has 4 heterocycles. The smallest absolute Gasteiger partial charge is 0.419 e. The number of aryl methyl sites for hydroxylation is 1. The predicted molar refractivity (Wildman–Crippen MR) is 404 cm³/mol. The molecule has 2 N–H and O–H groups in total. The first-order valence-electron chi connectivity index (χ1n) is 40.1. The van der Waals surface area contributed by atoms with E-state index in [2.05, 4.69) is 10.6 Å². The van der Waals surface area contributed by atoms with Crippen LogP contribution in [0.15, 0.2) is 54.6 Å². The van der Waals surface area contributed by atoms with Gasteiger partial charge in [-0.05, 0) is 150 Å². The van der Waals surface area contributed by atoms with Crippen LogP contribution in [0.5, 0.6) is 5.75 Å². The van der Waals surface area contributed by atoms with Gasteiger partial charge in [0.25, 0.3) is 0 Å². The molecule has 113 heavy (non-hydrogen) atoms. The number of likely N-dealkylation sites (N-methyl/N-ethyl adjacent to an activating group) is 6. The van der Waals surface area contributed by atoms with Gasteiger partial charge in [-0.3, -0.25) is 57.5 Å². The average molecular weight is 1590 g/mol. The molecule has 0 unspecified atom stereocenters. The van der Waals surface area contributed by atoms with E-state index in [9.17, 15) is 31.1 Å². The largest absolute Gasteiger partial charge is 0.496 e. The van der Waals surface area contributed by atoms with Crippen molar-refractivity contribution in [2.24, 2.45) is 11.8 Å². The lowest BCUT2D eigenvalue weighted by Gasteiger charge is -2.51. The van der Waals surface area contributed by atoms with E-state index in [1.165, 1.54) is 82.7 Å². The summed E-state index contributed by atoms with van der Waals surface area (Å²) in [5.74, 6) is -10.2. The Morgan fingerprint density at radius 2 is 1.29 bits per heavy atom. The summed E-state index contributed by atoms with van der Waals surface area (Å²) >= 11 is 0. The molecular formula is C81H114F6N12O14. The molecule has 4 aliphatic heterocycles. The Morgan fingerprint density at radius 3 is 1.88 bits per heavy atom. The van der Waals surface area contributed by atoms with Gasteiger partial charge >= 0.3 is 12.4 Å². The van der Waals surface area contributed by atoms with Crippen LogP contribution >= 0.6 is 0 Å². The normalized spacial score (nSPS) is 27.0. The van der Waals surface area contributed by atoms with E-state index in [0.29, 0.717) is 83.7 Å². The Kier molecular flexibility index (Phi) is 29.7. The lowest BCUT2D eigenvalue weighted by molar-refractivity contribution is -0.166. The summed E-state index contributed by atoms with van der Waals surface area (Å²) < 4.78 is 96.2. The molecule has 12 amide bonds. The monoisotopic (exact) mass is 1590 g/mol. The highest BCUT2D eigenvalue weighted by Gasteiger charge is 2.57. The van der Waals surface area contributed by atoms with E-state index in [0.717, 1.165) is 59.7 Å². The molecule has 9 rings (SSSR count). The SMILES string of the molecule is CCC[C@H]1C(=O)N[C@@H]([C@@H](C)CC)C(=O)N(C2CC2)CC(=O)N(C)[C@H]2C/C=C\CCN(C2=O)[C@@H](Cc2ccc(C(F)(F)F)cc2)C(=O)N(C)CC(=O)N[C@@H](CCc2ccc(C(F)(F)F)c(OC)c2)C(=O)N2C[C@H](OCC)C[C@H]2C(=O)N(C)C2(CCC2)C(=O)N(C)[C@@H](C2CCCC2)C(=O)N(C)[C@H](C(=O)N2CCCCC2)CC(=O)N1C. The van der Waals surface area contributed by atoms with Gasteiger partial charge < -0.3 is 69.1 Å². The number of amides is 12. The number of likely N-dealkylation sites (tertiary alicyclic amines) is 1. The standard InChI is InChI=1S/C81H114F6N12O14/c1-12-24-59-70(103)89-68(50(4)13-2)76(109)98(55-34-35-55)49-67(102)92(7)60-27-17-15-22-42-97(75(60)108)62(43-51-28-32-54(33-29-51)80(82,83)84)72(105)90(5)48-65(100)88-58(37-31-52-30-36-57(81(85,86)87)64(44-52)112-11)71(104)99-47-56(113-14-3)45-63(99)73(106)95(10)79(38-23-39-79)78(111)94(9)69(53-25-18-19-26-53)77(110)93(8)61(46-66(101)91(59)6)74(107)96-40-20-16-21-41-96/h15,17,28-30,32-33,36,44,50,53,55-56,58-63,68-69H,12-14,16,18-27,31,34-35,37-43,45-49H2,1-11H3,(H,88,100)(H,89,103)/b17-15-/t50-,56+,58-,59-,60-,61-,62-,63-,68-,69-/m0/s1. The van der Waals surface area contributed by atoms with Gasteiger partial charge in [0.1, 0.15) is 66.2 Å². The van der Waals surface area contributed by atoms with Gasteiger partial charge in [-0.25, -0.2) is 0 Å². The van der Waals surface area contributed by atoms with E-state index in [-0.39, 0.29) is 82.2 Å². The first-order chi connectivity index (χ1) is 53.5. The molecule has 3 aliphatic carbocycles. The lowest BCUT2D eigenvalue weighted by Crippen LogP contribution is -2.68. The highest BCUT2D eigenvalue weighted by molar-refractivity contribution is 6.01. The van der Waals surface area contributed by atoms with Crippen LogP contribution in [0.2, 0.25) is 0 Å². The Hall–Kier alpha value is -8.84. The molecule has 3 saturated carbocycles. The van der Waals surface area contributed by atoms with Crippen molar-refractivity contribution in [2.75, 3.05) is 95.3 Å². The number of piperidine rings is 1. The fourth-order valence-corrected chi connectivity index (χ4v) is 17.0. The fraction of sp³-hybridized carbons (Fsp3) is 0.679. The number of nitrogens with one attached hydrogen (secondary N) is 2. The number of hydrogen-bond acceptors (Lipinski definition) is 14. The maximum Gasteiger partial charge on any atom is 0.419 e. The van der Waals surface area contributed by atoms with Crippen LogP contribution in [-0.2, 0) is 87.5 Å². The third-order valence-electron chi connectivity index (χ3n) is 24.4. The van der Waals surface area contributed by atoms with Gasteiger partial charge in [-0.15, -0.1) is 0 Å². The molecule has 0 radical (unpaired) electrons. The summed E-state index contributed by atoms with van der Waals surface area (Å²) in [4.78, 5) is 198. The Bertz CT molecular complexity index is 3810. The van der Waals surface area contributed by atoms with Gasteiger partial charge in [0.05, 0.1) is 37.3 Å². The summed E-state index contributed by atoms with van der Waals surface area (Å²) in [5, 5.41) is 5.69. The second kappa shape index (κ2) is 38.1. The van der Waals surface area contributed by atoms with Crippen molar-refractivity contribution in [3.8, 4) is 5.75 Å². The number of benzene rings is 2. The van der Waals surface area contributed by atoms with E-state index in [1.807, 2.05) is 13.8 Å². The van der Waals surface area contributed by atoms with E-state index in [4.69, 9.17) is 9.47 Å². The molecule has 7 aliphatic rings. The summed E-state index contributed by atoms with van der Waals surface area (Å²) in [6, 6.07) is -4.53. The molecule has 32 heteroatoms. The van der Waals surface area contributed by atoms with Crippen molar-refractivity contribution in [3.63, 3.8) is 0 Å². The van der Waals surface area contributed by atoms with Crippen LogP contribution < -0.4 is 15.4 Å². The number of rotatable bonds is 15. The molecule has 2 aromatic rings. The van der Waals surface area contributed by atoms with Crippen molar-refractivity contribution >= 4 is 70.9 Å². The first kappa shape index (κ1) is 88.1. The maximum atomic E-state index is 15.9. The fourth-order valence-electron chi connectivity index (χ4n) is 17.0. The Morgan fingerprint density at radius 1 is 0.628 bits per heavy atom. The van der Waals surface area contributed by atoms with Gasteiger partial charge in [0, 0.05) is 94.0 Å². The molecule has 0 aromatic heterocycles. The van der Waals surface area contributed by atoms with Crippen LogP contribution in [-0.4, -0.2) is 281 Å². The summed E-state index contributed by atoms with van der Waals surface area (Å²) in [5.41, 5.74) is -3.30. The number of halogens is 6. The maximum absolute atomic E-state index is 15.9. The zero-order valence-corrected chi connectivity index (χ0v) is 67.1. The van der Waals surface area contributed by atoms with Crippen LogP contribution in [0, 0.1) is 11.8 Å². The van der Waals surface area contributed by atoms with Crippen molar-refractivity contribution in [1.82, 2.24) is 59.6 Å². The minimum Gasteiger partial charge on any atom is -0.496 e. The molecule has 2 aromatic carbocycles. The number of fused-ring (bicyclic) bond motifs is 3. The highest BCUT2D eigenvalue weighted by atomic mass is 19.4. The zero-order valence-electron chi connectivity index (χ0n) is 67.1. The first-order valence-corrected chi connectivity index (χ1v) is 40.1. The number of nitrogens with zero attached hydrogens (tertiary/aromatic N) is 10. The Labute approximate surface area is 658 Å². The summed E-state index contributed by atoms with van der Waals surface area (Å²) in [6.07, 6.45) is -1.48. The van der Waals surface area contributed by atoms with E-state index >= 15 is 52.7 Å². The number of alkyl halides is 6. The lowest BCUT2D eigenvalue weighted by atomic mass is 9.73. The predicted octanol–water partition coefficient (Wildman–Crippen LogP) is 7.02. The topological polar surface area (TPSA) is 280 Å². The van der Waals surface area contributed by atoms with Gasteiger partial charge in [0.2, 0.25) is 70.9 Å². The molecule has 2 bridgehead atoms. The number of hydrogen-bond donors (Lipinski definition) is 2. The number of carbonyl (C=O) groups is 12. The second-order valence-electron chi connectivity index (χ2n) is 31.8. The van der Waals surface area contributed by atoms with Crippen LogP contribution in [0.25, 0.3) is 0 Å². The van der Waals surface area contributed by atoms with E-state index in [1.54, 1.807) is 30.9 Å². The van der Waals surface area contributed by atoms with Crippen LogP contribution in [0.4, 0.5) is 26.3 Å². The molecule has 624 valence electrons. The number of ether oxygens (including phenoxy) is 2.